The van der Waals surface area contributed by atoms with Gasteiger partial charge in [0.05, 0.1) is 4.91 Å². The first-order chi connectivity index (χ1) is 14.6. The third-order valence-electron chi connectivity index (χ3n) is 5.57. The van der Waals surface area contributed by atoms with E-state index in [4.69, 9.17) is 16.3 Å². The maximum atomic E-state index is 12.7. The molecule has 6 heteroatoms. The smallest absolute Gasteiger partial charge is 0.293 e. The molecule has 0 atom stereocenters. The molecule has 30 heavy (non-hydrogen) atoms. The predicted octanol–water partition coefficient (Wildman–Crippen LogP) is 6.54. The molecule has 4 nitrogen and oxygen atoms in total. The van der Waals surface area contributed by atoms with Crippen LogP contribution in [0.5, 0.6) is 5.75 Å². The molecule has 1 saturated carbocycles. The highest BCUT2D eigenvalue weighted by Crippen LogP contribution is 2.35. The number of nitrogens with zero attached hydrogens (tertiary/aromatic N) is 1. The highest BCUT2D eigenvalue weighted by atomic mass is 35.5. The lowest BCUT2D eigenvalue weighted by Gasteiger charge is -2.25. The van der Waals surface area contributed by atoms with Crippen molar-refractivity contribution in [3.05, 3.63) is 69.6 Å². The maximum Gasteiger partial charge on any atom is 0.293 e. The lowest BCUT2D eigenvalue weighted by Crippen LogP contribution is -2.34. The molecule has 2 amide bonds. The van der Waals surface area contributed by atoms with Crippen LogP contribution in [0.15, 0.2) is 53.4 Å². The van der Waals surface area contributed by atoms with E-state index in [1.54, 1.807) is 6.08 Å². The second-order valence-corrected chi connectivity index (χ2v) is 9.15. The fourth-order valence-corrected chi connectivity index (χ4v) is 4.91. The molecular weight excluding hydrogens is 418 g/mol. The number of benzene rings is 2. The van der Waals surface area contributed by atoms with Gasteiger partial charge in [-0.05, 0) is 60.4 Å². The average Bonchev–Trinajstić information content (AvgIpc) is 3.02. The van der Waals surface area contributed by atoms with Crippen molar-refractivity contribution in [2.24, 2.45) is 5.92 Å². The summed E-state index contributed by atoms with van der Waals surface area (Å²) in [5, 5.41) is 0.523. The van der Waals surface area contributed by atoms with Gasteiger partial charge in [-0.3, -0.25) is 14.5 Å². The lowest BCUT2D eigenvalue weighted by molar-refractivity contribution is -0.123. The quantitative estimate of drug-likeness (QED) is 0.477. The average molecular weight is 442 g/mol. The van der Waals surface area contributed by atoms with Crippen LogP contribution in [-0.4, -0.2) is 22.6 Å². The highest BCUT2D eigenvalue weighted by molar-refractivity contribution is 8.18. The lowest BCUT2D eigenvalue weighted by atomic mass is 9.89. The van der Waals surface area contributed by atoms with Gasteiger partial charge in [-0.25, -0.2) is 0 Å². The van der Waals surface area contributed by atoms with Crippen LogP contribution in [0.1, 0.15) is 43.2 Å². The molecule has 0 radical (unpaired) electrons. The SMILES string of the molecule is O=C1S/C(=C/c2ccc(OCc3ccccc3Cl)cc2)C(=O)N1CC1CCCCC1. The molecule has 2 aliphatic rings. The van der Waals surface area contributed by atoms with Crippen molar-refractivity contribution in [2.45, 2.75) is 38.7 Å². The number of imide groups is 1. The molecule has 2 fully saturated rings. The largest absolute Gasteiger partial charge is 0.489 e. The minimum atomic E-state index is -0.172. The Balaban J connectivity index is 1.37. The van der Waals surface area contributed by atoms with Crippen LogP contribution in [0.2, 0.25) is 5.02 Å². The summed E-state index contributed by atoms with van der Waals surface area (Å²) < 4.78 is 5.80. The molecule has 1 heterocycles. The van der Waals surface area contributed by atoms with Gasteiger partial charge in [-0.15, -0.1) is 0 Å². The number of carbonyl (C=O) groups is 2. The summed E-state index contributed by atoms with van der Waals surface area (Å²) in [5.41, 5.74) is 1.79. The highest BCUT2D eigenvalue weighted by Gasteiger charge is 2.36. The van der Waals surface area contributed by atoms with Gasteiger partial charge in [-0.2, -0.15) is 0 Å². The van der Waals surface area contributed by atoms with Gasteiger partial charge in [0.25, 0.3) is 11.1 Å². The monoisotopic (exact) mass is 441 g/mol. The summed E-state index contributed by atoms with van der Waals surface area (Å²) in [6.45, 7) is 0.940. The summed E-state index contributed by atoms with van der Waals surface area (Å²) in [7, 11) is 0. The van der Waals surface area contributed by atoms with E-state index in [0.717, 1.165) is 41.5 Å². The number of hydrogen-bond acceptors (Lipinski definition) is 4. The zero-order valence-electron chi connectivity index (χ0n) is 16.7. The number of ether oxygens (including phenoxy) is 1. The number of hydrogen-bond donors (Lipinski definition) is 0. The van der Waals surface area contributed by atoms with Gasteiger partial charge < -0.3 is 4.74 Å². The van der Waals surface area contributed by atoms with E-state index in [1.165, 1.54) is 24.2 Å². The van der Waals surface area contributed by atoms with Crippen LogP contribution in [0.25, 0.3) is 6.08 Å². The number of halogens is 1. The first kappa shape index (κ1) is 21.0. The summed E-state index contributed by atoms with van der Waals surface area (Å²) in [6, 6.07) is 15.1. The Morgan fingerprint density at radius 2 is 1.77 bits per heavy atom. The number of thioether (sulfide) groups is 1. The Labute approximate surface area is 186 Å². The molecule has 1 aliphatic carbocycles. The fourth-order valence-electron chi connectivity index (χ4n) is 3.87. The zero-order valence-corrected chi connectivity index (χ0v) is 18.3. The molecule has 0 spiro atoms. The first-order valence-electron chi connectivity index (χ1n) is 10.3. The third kappa shape index (κ3) is 5.08. The molecule has 0 aromatic heterocycles. The molecule has 0 N–H and O–H groups in total. The second-order valence-electron chi connectivity index (χ2n) is 7.75. The van der Waals surface area contributed by atoms with Crippen LogP contribution in [-0.2, 0) is 11.4 Å². The van der Waals surface area contributed by atoms with Crippen molar-refractivity contribution in [3.63, 3.8) is 0 Å². The maximum absolute atomic E-state index is 12.7. The molecule has 0 unspecified atom stereocenters. The van der Waals surface area contributed by atoms with Crippen molar-refractivity contribution in [3.8, 4) is 5.75 Å². The van der Waals surface area contributed by atoms with Gasteiger partial charge >= 0.3 is 0 Å². The molecule has 4 rings (SSSR count). The van der Waals surface area contributed by atoms with E-state index in [9.17, 15) is 9.59 Å². The van der Waals surface area contributed by atoms with Crippen LogP contribution in [0.3, 0.4) is 0 Å². The fraction of sp³-hybridized carbons (Fsp3) is 0.333. The van der Waals surface area contributed by atoms with Crippen LogP contribution >= 0.6 is 23.4 Å². The molecule has 1 saturated heterocycles. The Morgan fingerprint density at radius 1 is 1.03 bits per heavy atom. The standard InChI is InChI=1S/C24H24ClNO3S/c25-21-9-5-4-8-19(21)16-29-20-12-10-17(11-13-20)14-22-23(27)26(24(28)30-22)15-18-6-2-1-3-7-18/h4-5,8-14,18H,1-3,6-7,15-16H2/b22-14+. The number of rotatable bonds is 6. The zero-order chi connectivity index (χ0) is 20.9. The van der Waals surface area contributed by atoms with Gasteiger partial charge in [-0.1, -0.05) is 61.2 Å². The third-order valence-corrected chi connectivity index (χ3v) is 6.85. The molecular formula is C24H24ClNO3S. The molecule has 1 aliphatic heterocycles. The van der Waals surface area contributed by atoms with Gasteiger partial charge in [0, 0.05) is 17.1 Å². The summed E-state index contributed by atoms with van der Waals surface area (Å²) >= 11 is 7.19. The molecule has 2 aromatic rings. The van der Waals surface area contributed by atoms with Crippen molar-refractivity contribution in [2.75, 3.05) is 6.54 Å². The minimum Gasteiger partial charge on any atom is -0.489 e. The number of amides is 2. The van der Waals surface area contributed by atoms with E-state index < -0.39 is 0 Å². The summed E-state index contributed by atoms with van der Waals surface area (Å²) in [6.07, 6.45) is 7.65. The van der Waals surface area contributed by atoms with Crippen molar-refractivity contribution < 1.29 is 14.3 Å². The molecule has 156 valence electrons. The Hall–Kier alpha value is -2.24. The van der Waals surface area contributed by atoms with E-state index in [0.29, 0.717) is 29.0 Å². The minimum absolute atomic E-state index is 0.156. The van der Waals surface area contributed by atoms with Crippen LogP contribution < -0.4 is 4.74 Å². The topological polar surface area (TPSA) is 46.6 Å². The van der Waals surface area contributed by atoms with E-state index in [-0.39, 0.29) is 11.1 Å². The summed E-state index contributed by atoms with van der Waals surface area (Å²) in [5.74, 6) is 0.994. The van der Waals surface area contributed by atoms with Gasteiger partial charge in [0.1, 0.15) is 12.4 Å². The van der Waals surface area contributed by atoms with Crippen molar-refractivity contribution >= 4 is 40.6 Å². The van der Waals surface area contributed by atoms with Crippen molar-refractivity contribution in [1.29, 1.82) is 0 Å². The van der Waals surface area contributed by atoms with Gasteiger partial charge in [0.15, 0.2) is 0 Å². The molecule has 0 bridgehead atoms. The predicted molar refractivity (Wildman–Crippen MR) is 121 cm³/mol. The molecule has 2 aromatic carbocycles. The van der Waals surface area contributed by atoms with Crippen LogP contribution in [0.4, 0.5) is 4.79 Å². The van der Waals surface area contributed by atoms with Gasteiger partial charge in [0.2, 0.25) is 0 Å². The Morgan fingerprint density at radius 3 is 2.50 bits per heavy atom. The van der Waals surface area contributed by atoms with E-state index in [2.05, 4.69) is 0 Å². The summed E-state index contributed by atoms with van der Waals surface area (Å²) in [4.78, 5) is 27.0. The van der Waals surface area contributed by atoms with E-state index >= 15 is 0 Å². The Bertz CT molecular complexity index is 951. The van der Waals surface area contributed by atoms with E-state index in [1.807, 2.05) is 48.5 Å². The number of carbonyl (C=O) groups excluding carboxylic acids is 2. The van der Waals surface area contributed by atoms with Crippen molar-refractivity contribution in [1.82, 2.24) is 4.90 Å². The Kier molecular flexibility index (Phi) is 6.80. The second kappa shape index (κ2) is 9.71. The normalized spacial score (nSPS) is 19.0. The van der Waals surface area contributed by atoms with Crippen LogP contribution in [0, 0.1) is 5.92 Å². The first-order valence-corrected chi connectivity index (χ1v) is 11.5.